The van der Waals surface area contributed by atoms with Crippen LogP contribution in [0.5, 0.6) is 11.5 Å². The van der Waals surface area contributed by atoms with Gasteiger partial charge in [0.2, 0.25) is 0 Å². The number of aliphatic imine (C=N–C) groups is 1. The summed E-state index contributed by atoms with van der Waals surface area (Å²) >= 11 is 0. The first-order valence-electron chi connectivity index (χ1n) is 14.0. The van der Waals surface area contributed by atoms with Gasteiger partial charge in [0.25, 0.3) is 0 Å². The zero-order chi connectivity index (χ0) is 25.2. The third kappa shape index (κ3) is 5.73. The van der Waals surface area contributed by atoms with Crippen molar-refractivity contribution in [3.8, 4) is 11.5 Å². The maximum Gasteiger partial charge on any atom is 0.161 e. The molecule has 7 nitrogen and oxygen atoms in total. The topological polar surface area (TPSA) is 63.6 Å². The fourth-order valence-corrected chi connectivity index (χ4v) is 6.26. The van der Waals surface area contributed by atoms with E-state index in [0.29, 0.717) is 13.2 Å². The molecular formula is C30H39N4O3-. The van der Waals surface area contributed by atoms with Crippen LogP contribution in [0.1, 0.15) is 36.0 Å². The van der Waals surface area contributed by atoms with E-state index >= 15 is 0 Å². The highest BCUT2D eigenvalue weighted by Crippen LogP contribution is 2.32. The molecule has 2 fully saturated rings. The van der Waals surface area contributed by atoms with Gasteiger partial charge in [-0.2, -0.15) is 0 Å². The van der Waals surface area contributed by atoms with E-state index in [-0.39, 0.29) is 17.9 Å². The lowest BCUT2D eigenvalue weighted by Gasteiger charge is -2.28. The number of ether oxygens (including phenoxy) is 2. The van der Waals surface area contributed by atoms with Gasteiger partial charge >= 0.3 is 0 Å². The Labute approximate surface area is 220 Å². The highest BCUT2D eigenvalue weighted by atomic mass is 16.6. The van der Waals surface area contributed by atoms with Crippen LogP contribution in [-0.4, -0.2) is 81.3 Å². The van der Waals surface area contributed by atoms with Gasteiger partial charge in [-0.15, -0.1) is 0 Å². The van der Waals surface area contributed by atoms with Crippen LogP contribution < -0.4 is 19.5 Å². The number of rotatable bonds is 7. The van der Waals surface area contributed by atoms with Crippen molar-refractivity contribution >= 4 is 11.6 Å². The average Bonchev–Trinajstić information content (AvgIpc) is 3.61. The summed E-state index contributed by atoms with van der Waals surface area (Å²) in [6.45, 7) is 8.03. The molecule has 0 radical (unpaired) electrons. The van der Waals surface area contributed by atoms with Gasteiger partial charge in [0.15, 0.2) is 11.5 Å². The number of hydrogen-bond acceptors (Lipinski definition) is 7. The molecule has 2 unspecified atom stereocenters. The van der Waals surface area contributed by atoms with E-state index in [4.69, 9.17) is 14.5 Å². The highest BCUT2D eigenvalue weighted by Gasteiger charge is 2.26. The Kier molecular flexibility index (Phi) is 7.25. The predicted molar refractivity (Wildman–Crippen MR) is 145 cm³/mol. The maximum atomic E-state index is 13.4. The monoisotopic (exact) mass is 503 g/mol. The summed E-state index contributed by atoms with van der Waals surface area (Å²) in [5.74, 6) is 1.65. The van der Waals surface area contributed by atoms with Crippen molar-refractivity contribution in [2.24, 2.45) is 10.9 Å². The van der Waals surface area contributed by atoms with Gasteiger partial charge in [0, 0.05) is 44.3 Å². The molecule has 2 aromatic rings. The summed E-state index contributed by atoms with van der Waals surface area (Å²) in [6, 6.07) is 13.0. The quantitative estimate of drug-likeness (QED) is 0.428. The van der Waals surface area contributed by atoms with Crippen LogP contribution in [0.3, 0.4) is 0 Å². The van der Waals surface area contributed by atoms with Gasteiger partial charge < -0.3 is 34.3 Å². The number of benzene rings is 2. The van der Waals surface area contributed by atoms with Crippen molar-refractivity contribution in [1.82, 2.24) is 9.80 Å². The Hall–Kier alpha value is -2.77. The van der Waals surface area contributed by atoms with Crippen molar-refractivity contribution in [2.45, 2.75) is 44.7 Å². The number of fused-ring (bicyclic) bond motifs is 2. The van der Waals surface area contributed by atoms with Gasteiger partial charge in [-0.05, 0) is 99.1 Å². The van der Waals surface area contributed by atoms with Crippen LogP contribution >= 0.6 is 0 Å². The van der Waals surface area contributed by atoms with E-state index in [0.717, 1.165) is 82.1 Å². The lowest BCUT2D eigenvalue weighted by molar-refractivity contribution is -0.223. The summed E-state index contributed by atoms with van der Waals surface area (Å²) in [4.78, 5) is 12.1. The van der Waals surface area contributed by atoms with Crippen LogP contribution in [-0.2, 0) is 19.4 Å². The second-order valence-electron chi connectivity index (χ2n) is 11.2. The summed E-state index contributed by atoms with van der Waals surface area (Å²) in [5, 5.41) is 13.4. The molecule has 0 amide bonds. The summed E-state index contributed by atoms with van der Waals surface area (Å²) in [5.41, 5.74) is 5.29. The number of nitrogens with zero attached hydrogens (tertiary/aromatic N) is 4. The molecule has 2 aromatic carbocycles. The number of anilines is 1. The van der Waals surface area contributed by atoms with E-state index in [2.05, 4.69) is 52.1 Å². The highest BCUT2D eigenvalue weighted by molar-refractivity contribution is 5.76. The van der Waals surface area contributed by atoms with E-state index in [1.807, 2.05) is 6.07 Å². The Morgan fingerprint density at radius 1 is 1.00 bits per heavy atom. The zero-order valence-electron chi connectivity index (χ0n) is 22.0. The average molecular weight is 504 g/mol. The summed E-state index contributed by atoms with van der Waals surface area (Å²) in [6.07, 6.45) is 5.21. The molecule has 0 aromatic heterocycles. The normalized spacial score (nSPS) is 23.3. The molecule has 37 heavy (non-hydrogen) atoms. The van der Waals surface area contributed by atoms with Gasteiger partial charge in [-0.3, -0.25) is 0 Å². The fourth-order valence-electron chi connectivity index (χ4n) is 6.26. The molecule has 6 rings (SSSR count). The molecule has 7 heteroatoms. The Morgan fingerprint density at radius 2 is 1.84 bits per heavy atom. The zero-order valence-corrected chi connectivity index (χ0v) is 22.0. The minimum atomic E-state index is -0.0403. The SMILES string of the molecule is CN1CCc2ccc(N3CCC(C([O-])=NC(Cc4ccc5c(c4)OCCO5)CN4CCCC4)C3)cc2C1. The van der Waals surface area contributed by atoms with E-state index in [9.17, 15) is 5.11 Å². The Bertz CT molecular complexity index is 1130. The van der Waals surface area contributed by atoms with Crippen LogP contribution in [0, 0.1) is 5.92 Å². The van der Waals surface area contributed by atoms with Gasteiger partial charge in [-0.1, -0.05) is 12.1 Å². The number of likely N-dealkylation sites (N-methyl/N-ethyl adjacent to an activating group) is 1. The van der Waals surface area contributed by atoms with E-state index in [1.54, 1.807) is 0 Å². The van der Waals surface area contributed by atoms with Crippen molar-refractivity contribution in [1.29, 1.82) is 0 Å². The number of likely N-dealkylation sites (tertiary alicyclic amines) is 1. The van der Waals surface area contributed by atoms with Crippen LogP contribution in [0.25, 0.3) is 0 Å². The molecule has 2 atom stereocenters. The smallest absolute Gasteiger partial charge is 0.161 e. The molecule has 2 saturated heterocycles. The molecule has 4 aliphatic rings. The molecule has 0 aliphatic carbocycles. The van der Waals surface area contributed by atoms with Crippen molar-refractivity contribution in [3.05, 3.63) is 53.1 Å². The van der Waals surface area contributed by atoms with E-state index < -0.39 is 0 Å². The molecule has 0 spiro atoms. The standard InChI is InChI=1S/C30H40N4O3/c1-32-12-8-23-5-6-27(18-25(23)19-32)34-13-9-24(20-34)30(35)31-26(21-33-10-2-3-11-33)16-22-4-7-28-29(17-22)37-15-14-36-28/h4-7,17-18,24,26H,2-3,8-16,19-21H2,1H3,(H,31,35)/p-1. The van der Waals surface area contributed by atoms with Crippen molar-refractivity contribution in [3.63, 3.8) is 0 Å². The first-order valence-corrected chi connectivity index (χ1v) is 14.0. The van der Waals surface area contributed by atoms with Gasteiger partial charge in [0.05, 0.1) is 6.04 Å². The lowest BCUT2D eigenvalue weighted by atomic mass is 9.99. The minimum Gasteiger partial charge on any atom is -0.862 e. The number of hydrogen-bond donors (Lipinski definition) is 0. The largest absolute Gasteiger partial charge is 0.862 e. The van der Waals surface area contributed by atoms with Gasteiger partial charge in [-0.25, -0.2) is 0 Å². The third-order valence-electron chi connectivity index (χ3n) is 8.35. The molecule has 4 heterocycles. The third-order valence-corrected chi connectivity index (χ3v) is 8.35. The molecule has 0 saturated carbocycles. The van der Waals surface area contributed by atoms with Crippen LogP contribution in [0.4, 0.5) is 5.69 Å². The molecular weight excluding hydrogens is 464 g/mol. The first-order chi connectivity index (χ1) is 18.1. The first kappa shape index (κ1) is 24.6. The van der Waals surface area contributed by atoms with Crippen molar-refractivity contribution in [2.75, 3.05) is 64.4 Å². The second kappa shape index (κ2) is 10.9. The molecule has 0 N–H and O–H groups in total. The summed E-state index contributed by atoms with van der Waals surface area (Å²) < 4.78 is 11.5. The van der Waals surface area contributed by atoms with E-state index in [1.165, 1.54) is 29.7 Å². The van der Waals surface area contributed by atoms with Crippen LogP contribution in [0.15, 0.2) is 41.4 Å². The molecule has 0 bridgehead atoms. The minimum absolute atomic E-state index is 0.0277. The summed E-state index contributed by atoms with van der Waals surface area (Å²) in [7, 11) is 2.19. The molecule has 4 aliphatic heterocycles. The molecule has 198 valence electrons. The maximum absolute atomic E-state index is 13.4. The van der Waals surface area contributed by atoms with Crippen molar-refractivity contribution < 1.29 is 14.6 Å². The Morgan fingerprint density at radius 3 is 2.70 bits per heavy atom. The fraction of sp³-hybridized carbons (Fsp3) is 0.567. The lowest BCUT2D eigenvalue weighted by Crippen LogP contribution is -2.36. The Balaban J connectivity index is 1.15. The predicted octanol–water partition coefficient (Wildman–Crippen LogP) is 2.74. The van der Waals surface area contributed by atoms with Gasteiger partial charge in [0.1, 0.15) is 13.2 Å². The van der Waals surface area contributed by atoms with Crippen LogP contribution in [0.2, 0.25) is 0 Å². The second-order valence-corrected chi connectivity index (χ2v) is 11.2.